The van der Waals surface area contributed by atoms with Gasteiger partial charge in [0.25, 0.3) is 0 Å². The number of rotatable bonds is 3. The van der Waals surface area contributed by atoms with Crippen molar-refractivity contribution in [1.82, 2.24) is 19.9 Å². The van der Waals surface area contributed by atoms with Crippen molar-refractivity contribution in [3.8, 4) is 11.4 Å². The average Bonchev–Trinajstić information content (AvgIpc) is 2.94. The van der Waals surface area contributed by atoms with E-state index < -0.39 is 11.7 Å². The Balaban J connectivity index is 2.04. The number of halogens is 3. The Labute approximate surface area is 139 Å². The normalized spacial score (nSPS) is 12.0. The number of aromatic amines is 1. The van der Waals surface area contributed by atoms with Crippen molar-refractivity contribution in [3.63, 3.8) is 0 Å². The molecular weight excluding hydrogens is 339 g/mol. The second-order valence-electron chi connectivity index (χ2n) is 4.73. The van der Waals surface area contributed by atoms with Crippen LogP contribution in [0.1, 0.15) is 11.1 Å². The lowest BCUT2D eigenvalue weighted by Crippen LogP contribution is -2.09. The van der Waals surface area contributed by atoms with Crippen LogP contribution >= 0.6 is 12.2 Å². The summed E-state index contributed by atoms with van der Waals surface area (Å²) in [6.45, 7) is 0. The summed E-state index contributed by atoms with van der Waals surface area (Å²) in [5, 5.41) is 10.7. The highest BCUT2D eigenvalue weighted by Crippen LogP contribution is 2.31. The van der Waals surface area contributed by atoms with E-state index in [9.17, 15) is 13.2 Å². The van der Waals surface area contributed by atoms with Gasteiger partial charge in [0.1, 0.15) is 0 Å². The molecule has 0 bridgehead atoms. The topological polar surface area (TPSA) is 58.9 Å². The van der Waals surface area contributed by atoms with Crippen LogP contribution in [0.5, 0.6) is 0 Å². The summed E-state index contributed by atoms with van der Waals surface area (Å²) in [5.41, 5.74) is -0.151. The largest absolute Gasteiger partial charge is 0.417 e. The zero-order valence-corrected chi connectivity index (χ0v) is 12.8. The van der Waals surface area contributed by atoms with E-state index in [0.29, 0.717) is 11.4 Å². The molecule has 9 heteroatoms. The zero-order valence-electron chi connectivity index (χ0n) is 12.0. The fourth-order valence-electron chi connectivity index (χ4n) is 2.07. The summed E-state index contributed by atoms with van der Waals surface area (Å²) in [7, 11) is 0. The molecule has 3 aromatic rings. The number of hydrogen-bond donors (Lipinski definition) is 1. The number of nitrogens with zero attached hydrogens (tertiary/aromatic N) is 4. The maximum atomic E-state index is 13.0. The van der Waals surface area contributed by atoms with Crippen LogP contribution in [-0.2, 0) is 6.18 Å². The van der Waals surface area contributed by atoms with E-state index in [4.69, 9.17) is 12.2 Å². The Morgan fingerprint density at radius 1 is 1.12 bits per heavy atom. The first-order valence-electron chi connectivity index (χ1n) is 6.75. The van der Waals surface area contributed by atoms with E-state index >= 15 is 0 Å². The number of hydrogen-bond acceptors (Lipinski definition) is 4. The first-order valence-corrected chi connectivity index (χ1v) is 7.16. The van der Waals surface area contributed by atoms with Crippen LogP contribution in [0.15, 0.2) is 53.9 Å². The first-order chi connectivity index (χ1) is 11.5. The smallest absolute Gasteiger partial charge is 0.265 e. The van der Waals surface area contributed by atoms with Gasteiger partial charge in [-0.2, -0.15) is 28.0 Å². The van der Waals surface area contributed by atoms with Gasteiger partial charge in [0.15, 0.2) is 5.82 Å². The van der Waals surface area contributed by atoms with Gasteiger partial charge in [-0.25, -0.2) is 5.10 Å². The van der Waals surface area contributed by atoms with Gasteiger partial charge < -0.3 is 0 Å². The van der Waals surface area contributed by atoms with Crippen molar-refractivity contribution in [2.24, 2.45) is 5.10 Å². The Kier molecular flexibility index (Phi) is 4.26. The molecular formula is C15H10F3N5S. The predicted octanol–water partition coefficient (Wildman–Crippen LogP) is 3.90. The number of H-pyrrole nitrogens is 1. The van der Waals surface area contributed by atoms with Crippen LogP contribution in [0.4, 0.5) is 13.2 Å². The Hall–Kier alpha value is -2.81. The van der Waals surface area contributed by atoms with Gasteiger partial charge in [-0.15, -0.1) is 0 Å². The molecule has 0 aliphatic heterocycles. The molecule has 0 saturated heterocycles. The molecule has 24 heavy (non-hydrogen) atoms. The van der Waals surface area contributed by atoms with Crippen LogP contribution in [0.25, 0.3) is 11.4 Å². The lowest BCUT2D eigenvalue weighted by Gasteiger charge is -2.09. The van der Waals surface area contributed by atoms with Gasteiger partial charge in [-0.3, -0.25) is 4.98 Å². The van der Waals surface area contributed by atoms with Crippen molar-refractivity contribution in [2.45, 2.75) is 6.18 Å². The summed E-state index contributed by atoms with van der Waals surface area (Å²) >= 11 is 5.09. The summed E-state index contributed by atoms with van der Waals surface area (Å²) in [6, 6.07) is 8.56. The maximum absolute atomic E-state index is 13.0. The molecule has 0 aliphatic carbocycles. The standard InChI is InChI=1S/C15H10F3N5S/c16-15(17,18)12-4-2-1-3-11(12)9-20-23-13(21-22-14(23)24)10-5-7-19-8-6-10/h1-9H,(H,22,24). The van der Waals surface area contributed by atoms with Crippen LogP contribution in [0.2, 0.25) is 0 Å². The third kappa shape index (κ3) is 3.25. The van der Waals surface area contributed by atoms with Crippen LogP contribution < -0.4 is 0 Å². The molecule has 2 aromatic heterocycles. The molecule has 0 saturated carbocycles. The van der Waals surface area contributed by atoms with Crippen LogP contribution in [-0.4, -0.2) is 26.1 Å². The third-order valence-corrected chi connectivity index (χ3v) is 3.43. The number of nitrogens with one attached hydrogen (secondary N) is 1. The lowest BCUT2D eigenvalue weighted by atomic mass is 10.1. The van der Waals surface area contributed by atoms with Gasteiger partial charge in [0.05, 0.1) is 11.8 Å². The van der Waals surface area contributed by atoms with E-state index in [1.807, 2.05) is 0 Å². The van der Waals surface area contributed by atoms with Gasteiger partial charge >= 0.3 is 6.18 Å². The molecule has 0 unspecified atom stereocenters. The minimum atomic E-state index is -4.46. The summed E-state index contributed by atoms with van der Waals surface area (Å²) in [4.78, 5) is 3.90. The summed E-state index contributed by atoms with van der Waals surface area (Å²) in [5.74, 6) is 0.378. The predicted molar refractivity (Wildman–Crippen MR) is 85.1 cm³/mol. The monoisotopic (exact) mass is 349 g/mol. The number of benzene rings is 1. The van der Waals surface area contributed by atoms with Gasteiger partial charge in [-0.1, -0.05) is 18.2 Å². The minimum absolute atomic E-state index is 0.0613. The molecule has 0 atom stereocenters. The molecule has 0 aliphatic rings. The summed E-state index contributed by atoms with van der Waals surface area (Å²) < 4.78 is 40.5. The van der Waals surface area contributed by atoms with E-state index in [1.165, 1.54) is 22.9 Å². The first kappa shape index (κ1) is 16.1. The molecule has 5 nitrogen and oxygen atoms in total. The Morgan fingerprint density at radius 3 is 2.54 bits per heavy atom. The van der Waals surface area contributed by atoms with Gasteiger partial charge in [-0.05, 0) is 30.4 Å². The quantitative estimate of drug-likeness (QED) is 0.576. The lowest BCUT2D eigenvalue weighted by molar-refractivity contribution is -0.137. The highest BCUT2D eigenvalue weighted by Gasteiger charge is 2.32. The van der Waals surface area contributed by atoms with Crippen molar-refractivity contribution < 1.29 is 13.2 Å². The number of aromatic nitrogens is 4. The van der Waals surface area contributed by atoms with Crippen LogP contribution in [0, 0.1) is 4.77 Å². The number of pyridine rings is 1. The molecule has 122 valence electrons. The van der Waals surface area contributed by atoms with Gasteiger partial charge in [0, 0.05) is 23.5 Å². The minimum Gasteiger partial charge on any atom is -0.265 e. The third-order valence-electron chi connectivity index (χ3n) is 3.17. The van der Waals surface area contributed by atoms with Crippen molar-refractivity contribution in [2.75, 3.05) is 0 Å². The molecule has 3 rings (SSSR count). The fourth-order valence-corrected chi connectivity index (χ4v) is 2.25. The summed E-state index contributed by atoms with van der Waals surface area (Å²) in [6.07, 6.45) is -0.215. The Bertz CT molecular complexity index is 928. The maximum Gasteiger partial charge on any atom is 0.417 e. The molecule has 1 N–H and O–H groups in total. The highest BCUT2D eigenvalue weighted by molar-refractivity contribution is 7.71. The van der Waals surface area contributed by atoms with Crippen molar-refractivity contribution in [1.29, 1.82) is 0 Å². The second-order valence-corrected chi connectivity index (χ2v) is 5.12. The van der Waals surface area contributed by atoms with E-state index in [1.54, 1.807) is 24.5 Å². The van der Waals surface area contributed by atoms with Crippen molar-refractivity contribution >= 4 is 18.4 Å². The Morgan fingerprint density at radius 2 is 1.83 bits per heavy atom. The molecule has 0 spiro atoms. The molecule has 1 aromatic carbocycles. The molecule has 2 heterocycles. The molecule has 0 amide bonds. The van der Waals surface area contributed by atoms with Crippen LogP contribution in [0.3, 0.4) is 0 Å². The second kappa shape index (κ2) is 6.36. The van der Waals surface area contributed by atoms with Gasteiger partial charge in [0.2, 0.25) is 4.77 Å². The van der Waals surface area contributed by atoms with E-state index in [0.717, 1.165) is 12.3 Å². The molecule has 0 fully saturated rings. The molecule has 0 radical (unpaired) electrons. The zero-order chi connectivity index (χ0) is 17.2. The number of alkyl halides is 3. The fraction of sp³-hybridized carbons (Fsp3) is 0.0667. The van der Waals surface area contributed by atoms with Crippen molar-refractivity contribution in [3.05, 3.63) is 64.7 Å². The SMILES string of the molecule is FC(F)(F)c1ccccc1C=Nn1c(-c2ccncc2)n[nH]c1=S. The highest BCUT2D eigenvalue weighted by atomic mass is 32.1. The van der Waals surface area contributed by atoms with E-state index in [-0.39, 0.29) is 10.3 Å². The average molecular weight is 349 g/mol. The van der Waals surface area contributed by atoms with E-state index in [2.05, 4.69) is 20.3 Å².